The van der Waals surface area contributed by atoms with Crippen molar-refractivity contribution >= 4 is 56.6 Å². The summed E-state index contributed by atoms with van der Waals surface area (Å²) < 4.78 is 10.2. The maximum absolute atomic E-state index is 5.12. The number of allylic oxidation sites excluding steroid dienone is 2. The molecule has 0 spiro atoms. The number of hydrogen-bond acceptors (Lipinski definition) is 4. The van der Waals surface area contributed by atoms with Gasteiger partial charge in [-0.15, -0.1) is 0 Å². The Labute approximate surface area is 522 Å². The molecular formula is C83H85N3S. The Bertz CT molecular complexity index is 4290. The quantitative estimate of drug-likeness (QED) is 0.142. The normalized spacial score (nSPS) is 16.7. The number of aromatic nitrogens is 2. The fourth-order valence-electron chi connectivity index (χ4n) is 14.1. The molecule has 1 heterocycles. The van der Waals surface area contributed by atoms with Gasteiger partial charge in [-0.1, -0.05) is 279 Å². The lowest BCUT2D eigenvalue weighted by Gasteiger charge is -2.33. The highest BCUT2D eigenvalue weighted by Gasteiger charge is 2.33. The first-order chi connectivity index (χ1) is 41.7. The summed E-state index contributed by atoms with van der Waals surface area (Å²) in [6.07, 6.45) is 16.7. The zero-order valence-corrected chi connectivity index (χ0v) is 54.3. The van der Waals surface area contributed by atoms with Gasteiger partial charge in [-0.2, -0.15) is 8.75 Å². The third kappa shape index (κ3) is 11.3. The molecule has 0 saturated heterocycles. The predicted molar refractivity (Wildman–Crippen MR) is 373 cm³/mol. The highest BCUT2D eigenvalue weighted by atomic mass is 32.1. The summed E-state index contributed by atoms with van der Waals surface area (Å²) in [6.45, 7) is 27.6. The first-order valence-electron chi connectivity index (χ1n) is 32.2. The van der Waals surface area contributed by atoms with Crippen LogP contribution < -0.4 is 0 Å². The minimum Gasteiger partial charge on any atom is -0.256 e. The average molecular weight is 1160 g/mol. The smallest absolute Gasteiger partial charge is 0.113 e. The zero-order valence-electron chi connectivity index (χ0n) is 53.5. The molecule has 438 valence electrons. The second-order valence-electron chi connectivity index (χ2n) is 29.4. The van der Waals surface area contributed by atoms with Crippen LogP contribution in [0.3, 0.4) is 0 Å². The van der Waals surface area contributed by atoms with Gasteiger partial charge in [-0.05, 0) is 176 Å². The molecule has 87 heavy (non-hydrogen) atoms. The molecule has 0 fully saturated rings. The van der Waals surface area contributed by atoms with Crippen LogP contribution in [-0.4, -0.2) is 15.0 Å². The van der Waals surface area contributed by atoms with E-state index in [-0.39, 0.29) is 33.5 Å². The van der Waals surface area contributed by atoms with Gasteiger partial charge in [0, 0.05) is 29.2 Å². The second-order valence-corrected chi connectivity index (χ2v) is 29.9. The molecule has 0 aliphatic heterocycles. The van der Waals surface area contributed by atoms with Gasteiger partial charge in [0.2, 0.25) is 0 Å². The Balaban J connectivity index is 0.869. The number of aliphatic imine (C=N–C) groups is 1. The van der Waals surface area contributed by atoms with Crippen molar-refractivity contribution in [3.8, 4) is 22.3 Å². The highest BCUT2D eigenvalue weighted by molar-refractivity contribution is 7.00. The van der Waals surface area contributed by atoms with Crippen LogP contribution >= 0.6 is 11.7 Å². The SMILES string of the molecule is CC(C)(C)c1ccc(C2=CC(c3ccc(/C=N/c4ccc(-c5c6c(c(-c7ccc(C(C)(C)C)cc7)c7nsnc57)CCCCCCCC6)cc4)cc3)c3ccc4c5c(ccc2c35)C(c2ccc(C(C)(C)C)cc2)=CC4c2ccc(C(C)(C)C)cc2)cc1. The third-order valence-electron chi connectivity index (χ3n) is 19.3. The van der Waals surface area contributed by atoms with Crippen molar-refractivity contribution in [3.63, 3.8) is 0 Å². The van der Waals surface area contributed by atoms with Gasteiger partial charge in [0.25, 0.3) is 0 Å². The summed E-state index contributed by atoms with van der Waals surface area (Å²) in [7, 11) is 0. The Morgan fingerprint density at radius 3 is 1.11 bits per heavy atom. The Kier molecular flexibility index (Phi) is 15.2. The van der Waals surface area contributed by atoms with E-state index in [1.165, 1.54) is 172 Å². The van der Waals surface area contributed by atoms with E-state index >= 15 is 0 Å². The molecule has 2 unspecified atom stereocenters. The lowest BCUT2D eigenvalue weighted by Crippen LogP contribution is -2.14. The van der Waals surface area contributed by atoms with E-state index in [2.05, 4.69) is 265 Å². The van der Waals surface area contributed by atoms with Gasteiger partial charge < -0.3 is 0 Å². The minimum atomic E-state index is 0.0262. The van der Waals surface area contributed by atoms with Crippen LogP contribution in [0.5, 0.6) is 0 Å². The first kappa shape index (κ1) is 58.2. The largest absolute Gasteiger partial charge is 0.256 e. The number of rotatable bonds is 8. The predicted octanol–water partition coefficient (Wildman–Crippen LogP) is 22.7. The van der Waals surface area contributed by atoms with Crippen LogP contribution in [0, 0.1) is 0 Å². The second kappa shape index (κ2) is 22.7. The van der Waals surface area contributed by atoms with Crippen LogP contribution in [-0.2, 0) is 34.5 Å². The molecule has 2 atom stereocenters. The van der Waals surface area contributed by atoms with Gasteiger partial charge in [0.1, 0.15) is 11.0 Å². The van der Waals surface area contributed by atoms with Crippen molar-refractivity contribution in [1.29, 1.82) is 0 Å². The minimum absolute atomic E-state index is 0.0262. The standard InChI is InChI=1S/C83H85N3S/c1-80(2,3)59-35-25-54(26-36-59)71-49-70(66-45-46-68-72(55-27-37-60(38-28-55)81(4,5)6)50-73(69-48-47-67(71)76(66)77(68)69)56-29-39-61(40-30-56)82(7,8)9)53-23-21-52(22-24-53)51-84-63-43-33-58(34-44-63)75-65-20-18-16-14-13-15-17-19-64(65)74(78-79(75)86-87-85-78)57-31-41-62(42-32-57)83(10,11)12/h21-51,70,72H,13-20H2,1-12H3/b84-51+. The maximum Gasteiger partial charge on any atom is 0.113 e. The Morgan fingerprint density at radius 2 is 0.724 bits per heavy atom. The van der Waals surface area contributed by atoms with Gasteiger partial charge in [-0.3, -0.25) is 4.99 Å². The molecule has 4 heteroatoms. The van der Waals surface area contributed by atoms with Gasteiger partial charge in [0.05, 0.1) is 17.4 Å². The van der Waals surface area contributed by atoms with E-state index in [0.717, 1.165) is 35.1 Å². The zero-order chi connectivity index (χ0) is 60.6. The summed E-state index contributed by atoms with van der Waals surface area (Å²) >= 11 is 1.35. The summed E-state index contributed by atoms with van der Waals surface area (Å²) in [4.78, 5) is 5.12. The molecule has 13 rings (SSSR count). The van der Waals surface area contributed by atoms with E-state index in [1.807, 2.05) is 6.21 Å². The third-order valence-corrected chi connectivity index (χ3v) is 19.8. The van der Waals surface area contributed by atoms with E-state index < -0.39 is 0 Å². The number of nitrogens with zero attached hydrogens (tertiary/aromatic N) is 3. The monoisotopic (exact) mass is 1160 g/mol. The molecule has 0 bridgehead atoms. The number of hydrogen-bond donors (Lipinski definition) is 0. The summed E-state index contributed by atoms with van der Waals surface area (Å²) in [6, 6.07) is 65.4. The van der Waals surface area contributed by atoms with E-state index in [0.29, 0.717) is 0 Å². The van der Waals surface area contributed by atoms with Crippen molar-refractivity contribution in [3.05, 3.63) is 265 Å². The van der Waals surface area contributed by atoms with Crippen molar-refractivity contribution in [2.24, 2.45) is 4.99 Å². The van der Waals surface area contributed by atoms with E-state index in [1.54, 1.807) is 0 Å². The van der Waals surface area contributed by atoms with Crippen LogP contribution in [0.4, 0.5) is 5.69 Å². The molecule has 0 N–H and O–H groups in total. The molecule has 0 saturated carbocycles. The van der Waals surface area contributed by atoms with Crippen LogP contribution in [0.25, 0.3) is 55.2 Å². The van der Waals surface area contributed by atoms with Crippen LogP contribution in [0.1, 0.15) is 217 Å². The van der Waals surface area contributed by atoms with Crippen molar-refractivity contribution in [2.45, 2.75) is 168 Å². The average Bonchev–Trinajstić information content (AvgIpc) is 0.804. The van der Waals surface area contributed by atoms with Crippen LogP contribution in [0.2, 0.25) is 0 Å². The molecule has 3 aliphatic rings. The Morgan fingerprint density at radius 1 is 0.379 bits per heavy atom. The lowest BCUT2D eigenvalue weighted by atomic mass is 9.70. The highest BCUT2D eigenvalue weighted by Crippen LogP contribution is 2.52. The van der Waals surface area contributed by atoms with Crippen molar-refractivity contribution in [1.82, 2.24) is 8.75 Å². The molecule has 10 aromatic rings. The van der Waals surface area contributed by atoms with Gasteiger partial charge >= 0.3 is 0 Å². The van der Waals surface area contributed by atoms with Crippen molar-refractivity contribution < 1.29 is 0 Å². The summed E-state index contributed by atoms with van der Waals surface area (Å²) in [5.74, 6) is 0.106. The topological polar surface area (TPSA) is 38.1 Å². The van der Waals surface area contributed by atoms with Crippen molar-refractivity contribution in [2.75, 3.05) is 0 Å². The molecule has 3 aliphatic carbocycles. The Hall–Kier alpha value is -7.79. The first-order valence-corrected chi connectivity index (χ1v) is 32.9. The van der Waals surface area contributed by atoms with E-state index in [9.17, 15) is 0 Å². The number of fused-ring (bicyclic) bond motifs is 2. The number of benzene rings is 9. The molecule has 9 aromatic carbocycles. The van der Waals surface area contributed by atoms with E-state index in [4.69, 9.17) is 13.7 Å². The fraction of sp³-hybridized carbons (Fsp3) is 0.313. The lowest BCUT2D eigenvalue weighted by molar-refractivity contribution is 0.582. The molecule has 3 nitrogen and oxygen atoms in total. The summed E-state index contributed by atoms with van der Waals surface area (Å²) in [5, 5.41) is 2.73. The molecule has 0 amide bonds. The van der Waals surface area contributed by atoms with Gasteiger partial charge in [-0.25, -0.2) is 0 Å². The van der Waals surface area contributed by atoms with Gasteiger partial charge in [0.15, 0.2) is 0 Å². The molecule has 1 aromatic heterocycles. The fourth-order valence-corrected chi connectivity index (χ4v) is 14.7. The maximum atomic E-state index is 5.12. The summed E-state index contributed by atoms with van der Waals surface area (Å²) in [5.41, 5.74) is 30.6. The molecule has 0 radical (unpaired) electrons. The molecular weight excluding hydrogens is 1070 g/mol. The van der Waals surface area contributed by atoms with Crippen LogP contribution in [0.15, 0.2) is 187 Å².